The molecular formula is C15H24O2. The molecule has 0 heterocycles. The zero-order valence-corrected chi connectivity index (χ0v) is 11.2. The molecule has 2 heteroatoms. The smallest absolute Gasteiger partial charge is 0.106 e. The lowest BCUT2D eigenvalue weighted by molar-refractivity contribution is 0.0279. The molecule has 0 aromatic rings. The van der Waals surface area contributed by atoms with E-state index in [1.54, 1.807) is 12.5 Å². The van der Waals surface area contributed by atoms with Crippen molar-refractivity contribution in [1.82, 2.24) is 0 Å². The van der Waals surface area contributed by atoms with Crippen LogP contribution in [0, 0.1) is 11.8 Å². The fraction of sp³-hybridized carbons (Fsp3) is 0.733. The third-order valence-corrected chi connectivity index (χ3v) is 4.56. The fourth-order valence-electron chi connectivity index (χ4n) is 3.60. The van der Waals surface area contributed by atoms with Crippen LogP contribution in [0.15, 0.2) is 22.8 Å². The summed E-state index contributed by atoms with van der Waals surface area (Å²) in [5, 5.41) is 19.6. The van der Waals surface area contributed by atoms with Gasteiger partial charge >= 0.3 is 0 Å². The number of aliphatic hydroxyl groups excluding tert-OH is 1. The Morgan fingerprint density at radius 2 is 2.12 bits per heavy atom. The largest absolute Gasteiger partial charge is 0.393 e. The molecule has 2 aliphatic carbocycles. The van der Waals surface area contributed by atoms with Crippen molar-refractivity contribution in [2.75, 3.05) is 6.61 Å². The first-order valence-electron chi connectivity index (χ1n) is 6.69. The van der Waals surface area contributed by atoms with Crippen LogP contribution in [0.1, 0.15) is 46.5 Å². The molecule has 0 aromatic heterocycles. The number of aliphatic hydroxyl groups is 2. The molecule has 0 saturated carbocycles. The molecule has 0 radical (unpaired) electrons. The number of hydrogen-bond acceptors (Lipinski definition) is 2. The highest BCUT2D eigenvalue weighted by molar-refractivity contribution is 5.36. The highest BCUT2D eigenvalue weighted by Gasteiger charge is 2.36. The van der Waals surface area contributed by atoms with Crippen LogP contribution in [0.25, 0.3) is 0 Å². The van der Waals surface area contributed by atoms with Crippen molar-refractivity contribution in [2.24, 2.45) is 11.8 Å². The molecule has 2 N–H and O–H groups in total. The van der Waals surface area contributed by atoms with Gasteiger partial charge in [-0.05, 0) is 51.0 Å². The Balaban J connectivity index is 2.39. The minimum absolute atomic E-state index is 0.181. The van der Waals surface area contributed by atoms with Crippen LogP contribution in [0.3, 0.4) is 0 Å². The zero-order chi connectivity index (χ0) is 12.6. The maximum atomic E-state index is 10.3. The molecule has 2 aliphatic rings. The number of hydrogen-bond donors (Lipinski definition) is 2. The van der Waals surface area contributed by atoms with E-state index in [4.69, 9.17) is 0 Å². The van der Waals surface area contributed by atoms with E-state index in [2.05, 4.69) is 19.9 Å². The van der Waals surface area contributed by atoms with Crippen molar-refractivity contribution in [3.8, 4) is 0 Å². The van der Waals surface area contributed by atoms with E-state index in [1.807, 2.05) is 0 Å². The quantitative estimate of drug-likeness (QED) is 0.724. The van der Waals surface area contributed by atoms with Crippen molar-refractivity contribution >= 4 is 0 Å². The molecule has 0 fully saturated rings. The second kappa shape index (κ2) is 4.58. The zero-order valence-electron chi connectivity index (χ0n) is 11.2. The molecule has 3 atom stereocenters. The summed E-state index contributed by atoms with van der Waals surface area (Å²) in [5.74, 6) is 1.17. The van der Waals surface area contributed by atoms with E-state index in [9.17, 15) is 10.2 Å². The molecule has 96 valence electrons. The van der Waals surface area contributed by atoms with Crippen LogP contribution < -0.4 is 0 Å². The average molecular weight is 236 g/mol. The van der Waals surface area contributed by atoms with Gasteiger partial charge in [0.15, 0.2) is 0 Å². The van der Waals surface area contributed by atoms with Crippen molar-refractivity contribution < 1.29 is 10.2 Å². The molecule has 0 saturated heterocycles. The summed E-state index contributed by atoms with van der Waals surface area (Å²) in [7, 11) is 0. The van der Waals surface area contributed by atoms with Gasteiger partial charge < -0.3 is 10.2 Å². The third kappa shape index (κ3) is 2.21. The van der Waals surface area contributed by atoms with Crippen molar-refractivity contribution in [1.29, 1.82) is 0 Å². The predicted molar refractivity (Wildman–Crippen MR) is 69.6 cm³/mol. The maximum Gasteiger partial charge on any atom is 0.106 e. The fourth-order valence-corrected chi connectivity index (χ4v) is 3.60. The summed E-state index contributed by atoms with van der Waals surface area (Å²) >= 11 is 0. The minimum Gasteiger partial charge on any atom is -0.393 e. The SMILES string of the molecule is CC1=C(C(C)(O)CO)CCC2=CCCC(C)C21. The van der Waals surface area contributed by atoms with E-state index in [0.29, 0.717) is 11.8 Å². The summed E-state index contributed by atoms with van der Waals surface area (Å²) < 4.78 is 0. The first-order chi connectivity index (χ1) is 7.97. The van der Waals surface area contributed by atoms with Gasteiger partial charge in [0.05, 0.1) is 6.61 Å². The standard InChI is InChI=1S/C15H24O2/c1-10-5-4-6-12-7-8-13(11(2)14(10)12)15(3,17)9-16/h6,10,14,16-17H,4-5,7-9H2,1-3H3. The van der Waals surface area contributed by atoms with E-state index >= 15 is 0 Å². The minimum atomic E-state index is -1.03. The van der Waals surface area contributed by atoms with Crippen LogP contribution in [0.5, 0.6) is 0 Å². The Hall–Kier alpha value is -0.600. The van der Waals surface area contributed by atoms with Gasteiger partial charge in [-0.1, -0.05) is 24.1 Å². The molecule has 0 amide bonds. The summed E-state index contributed by atoms with van der Waals surface area (Å²) in [6.07, 6.45) is 6.77. The van der Waals surface area contributed by atoms with Crippen molar-refractivity contribution in [3.63, 3.8) is 0 Å². The molecule has 0 spiro atoms. The van der Waals surface area contributed by atoms with Gasteiger partial charge in [-0.15, -0.1) is 0 Å². The summed E-state index contributed by atoms with van der Waals surface area (Å²) in [6.45, 7) is 5.99. The molecule has 0 bridgehead atoms. The average Bonchev–Trinajstić information content (AvgIpc) is 2.29. The van der Waals surface area contributed by atoms with E-state index in [-0.39, 0.29) is 6.61 Å². The Labute approximate surface area is 104 Å². The van der Waals surface area contributed by atoms with E-state index in [0.717, 1.165) is 18.4 Å². The number of allylic oxidation sites excluding steroid dienone is 3. The number of rotatable bonds is 2. The van der Waals surface area contributed by atoms with Crippen LogP contribution in [-0.2, 0) is 0 Å². The lowest BCUT2D eigenvalue weighted by atomic mass is 9.67. The number of fused-ring (bicyclic) bond motifs is 1. The predicted octanol–water partition coefficient (Wildman–Crippen LogP) is 2.81. The van der Waals surface area contributed by atoms with Crippen LogP contribution in [-0.4, -0.2) is 22.4 Å². The second-order valence-electron chi connectivity index (χ2n) is 5.90. The lowest BCUT2D eigenvalue weighted by Crippen LogP contribution is -2.36. The van der Waals surface area contributed by atoms with Crippen LogP contribution in [0.2, 0.25) is 0 Å². The molecule has 0 aliphatic heterocycles. The van der Waals surface area contributed by atoms with Gasteiger partial charge in [0, 0.05) is 5.92 Å². The third-order valence-electron chi connectivity index (χ3n) is 4.56. The Morgan fingerprint density at radius 1 is 1.41 bits per heavy atom. The lowest BCUT2D eigenvalue weighted by Gasteiger charge is -2.40. The Kier molecular flexibility index (Phi) is 3.46. The molecule has 2 nitrogen and oxygen atoms in total. The van der Waals surface area contributed by atoms with Crippen molar-refractivity contribution in [2.45, 2.75) is 52.1 Å². The summed E-state index contributed by atoms with van der Waals surface area (Å²) in [4.78, 5) is 0. The highest BCUT2D eigenvalue weighted by atomic mass is 16.3. The van der Waals surface area contributed by atoms with Crippen LogP contribution >= 0.6 is 0 Å². The highest BCUT2D eigenvalue weighted by Crippen LogP contribution is 2.45. The van der Waals surface area contributed by atoms with Crippen molar-refractivity contribution in [3.05, 3.63) is 22.8 Å². The van der Waals surface area contributed by atoms with Gasteiger partial charge in [-0.25, -0.2) is 0 Å². The van der Waals surface area contributed by atoms with Gasteiger partial charge in [0.25, 0.3) is 0 Å². The Bertz CT molecular complexity index is 363. The van der Waals surface area contributed by atoms with Crippen LogP contribution in [0.4, 0.5) is 0 Å². The first-order valence-corrected chi connectivity index (χ1v) is 6.69. The maximum absolute atomic E-state index is 10.3. The normalized spacial score (nSPS) is 32.9. The Morgan fingerprint density at radius 3 is 2.76 bits per heavy atom. The summed E-state index contributed by atoms with van der Waals surface area (Å²) in [6, 6.07) is 0. The van der Waals surface area contributed by atoms with E-state index < -0.39 is 5.60 Å². The van der Waals surface area contributed by atoms with Gasteiger partial charge in [0.2, 0.25) is 0 Å². The van der Waals surface area contributed by atoms with Gasteiger partial charge in [0.1, 0.15) is 5.60 Å². The molecular weight excluding hydrogens is 212 g/mol. The molecule has 0 aromatic carbocycles. The van der Waals surface area contributed by atoms with E-state index in [1.165, 1.54) is 18.4 Å². The summed E-state index contributed by atoms with van der Waals surface area (Å²) in [5.41, 5.74) is 2.88. The molecule has 17 heavy (non-hydrogen) atoms. The topological polar surface area (TPSA) is 40.5 Å². The second-order valence-corrected chi connectivity index (χ2v) is 5.90. The first kappa shape index (κ1) is 12.8. The van der Waals surface area contributed by atoms with Gasteiger partial charge in [-0.3, -0.25) is 0 Å². The molecule has 3 unspecified atom stereocenters. The van der Waals surface area contributed by atoms with Gasteiger partial charge in [-0.2, -0.15) is 0 Å². The monoisotopic (exact) mass is 236 g/mol. The molecule has 2 rings (SSSR count).